The van der Waals surface area contributed by atoms with E-state index in [1.807, 2.05) is 27.7 Å². The molecule has 0 aromatic carbocycles. The summed E-state index contributed by atoms with van der Waals surface area (Å²) in [5.41, 5.74) is 0.367. The number of anilines is 1. The number of hydrogen-bond acceptors (Lipinski definition) is 5. The van der Waals surface area contributed by atoms with Crippen LogP contribution in [0, 0.1) is 15.5 Å². The van der Waals surface area contributed by atoms with Crippen LogP contribution in [0.4, 0.5) is 11.5 Å². The molecule has 0 radical (unpaired) electrons. The smallest absolute Gasteiger partial charge is 0.333 e. The van der Waals surface area contributed by atoms with Crippen LogP contribution in [0.3, 0.4) is 0 Å². The zero-order valence-electron chi connectivity index (χ0n) is 12.8. The van der Waals surface area contributed by atoms with Gasteiger partial charge in [-0.2, -0.15) is 5.10 Å². The number of rotatable bonds is 6. The second kappa shape index (κ2) is 6.21. The summed E-state index contributed by atoms with van der Waals surface area (Å²) in [7, 11) is 1.69. The highest BCUT2D eigenvalue weighted by molar-refractivity contribution is 5.60. The molecule has 0 aliphatic carbocycles. The van der Waals surface area contributed by atoms with E-state index in [1.165, 1.54) is 4.68 Å². The van der Waals surface area contributed by atoms with Gasteiger partial charge in [-0.1, -0.05) is 27.7 Å². The molecule has 7 heteroatoms. The molecule has 2 N–H and O–H groups in total. The minimum absolute atomic E-state index is 0.0290. The van der Waals surface area contributed by atoms with Gasteiger partial charge in [0.05, 0.1) is 4.92 Å². The first-order valence-corrected chi connectivity index (χ1v) is 6.80. The van der Waals surface area contributed by atoms with Gasteiger partial charge < -0.3 is 10.4 Å². The Kier molecular flexibility index (Phi) is 5.10. The van der Waals surface area contributed by atoms with Gasteiger partial charge in [0.2, 0.25) is 5.82 Å². The van der Waals surface area contributed by atoms with Gasteiger partial charge in [0.25, 0.3) is 0 Å². The van der Waals surface area contributed by atoms with Crippen LogP contribution in [-0.2, 0) is 13.5 Å². The van der Waals surface area contributed by atoms with Crippen LogP contribution in [-0.4, -0.2) is 32.5 Å². The highest BCUT2D eigenvalue weighted by Crippen LogP contribution is 2.32. The van der Waals surface area contributed by atoms with Gasteiger partial charge >= 0.3 is 5.69 Å². The summed E-state index contributed by atoms with van der Waals surface area (Å²) in [6.45, 7) is 7.96. The lowest BCUT2D eigenvalue weighted by molar-refractivity contribution is -0.384. The van der Waals surface area contributed by atoms with E-state index in [4.69, 9.17) is 0 Å². The summed E-state index contributed by atoms with van der Waals surface area (Å²) < 4.78 is 1.51. The summed E-state index contributed by atoms with van der Waals surface area (Å²) in [5.74, 6) is 0.403. The van der Waals surface area contributed by atoms with E-state index in [2.05, 4.69) is 10.4 Å². The van der Waals surface area contributed by atoms with Gasteiger partial charge in [-0.25, -0.2) is 4.68 Å². The van der Waals surface area contributed by atoms with Crippen LogP contribution < -0.4 is 5.32 Å². The highest BCUT2D eigenvalue weighted by atomic mass is 16.6. The Bertz CT molecular complexity index is 477. The molecule has 114 valence electrons. The normalized spacial score (nSPS) is 13.3. The van der Waals surface area contributed by atoms with Crippen molar-refractivity contribution in [3.8, 4) is 0 Å². The predicted molar refractivity (Wildman–Crippen MR) is 77.8 cm³/mol. The first kappa shape index (κ1) is 16.4. The van der Waals surface area contributed by atoms with Gasteiger partial charge in [0, 0.05) is 19.7 Å². The number of aromatic nitrogens is 2. The van der Waals surface area contributed by atoms with E-state index < -0.39 is 4.92 Å². The topological polar surface area (TPSA) is 93.2 Å². The number of nitro groups is 1. The summed E-state index contributed by atoms with van der Waals surface area (Å²) in [6.07, 6.45) is 1.03. The fourth-order valence-electron chi connectivity index (χ4n) is 2.18. The van der Waals surface area contributed by atoms with Gasteiger partial charge in [-0.15, -0.1) is 0 Å². The van der Waals surface area contributed by atoms with Crippen molar-refractivity contribution in [3.05, 3.63) is 15.8 Å². The molecule has 0 bridgehead atoms. The van der Waals surface area contributed by atoms with E-state index in [-0.39, 0.29) is 23.8 Å². The van der Waals surface area contributed by atoms with Gasteiger partial charge in [-0.3, -0.25) is 10.1 Å². The van der Waals surface area contributed by atoms with Crippen LogP contribution in [0.2, 0.25) is 0 Å². The number of hydrogen-bond donors (Lipinski definition) is 2. The fraction of sp³-hybridized carbons (Fsp3) is 0.769. The second-order valence-corrected chi connectivity index (χ2v) is 5.95. The molecule has 0 fully saturated rings. The van der Waals surface area contributed by atoms with Crippen LogP contribution in [0.5, 0.6) is 0 Å². The summed E-state index contributed by atoms with van der Waals surface area (Å²) in [6, 6.07) is -0.0775. The fourth-order valence-corrected chi connectivity index (χ4v) is 2.18. The lowest BCUT2D eigenvalue weighted by Gasteiger charge is -2.31. The maximum atomic E-state index is 11.3. The number of aliphatic hydroxyl groups excluding tert-OH is 1. The van der Waals surface area contributed by atoms with Crippen molar-refractivity contribution in [2.75, 3.05) is 11.9 Å². The minimum Gasteiger partial charge on any atom is -0.396 e. The van der Waals surface area contributed by atoms with Crippen molar-refractivity contribution in [2.24, 2.45) is 12.5 Å². The Morgan fingerprint density at radius 3 is 2.50 bits per heavy atom. The van der Waals surface area contributed by atoms with E-state index in [0.29, 0.717) is 24.4 Å². The first-order chi connectivity index (χ1) is 9.22. The average Bonchev–Trinajstić information content (AvgIpc) is 2.64. The van der Waals surface area contributed by atoms with Crippen molar-refractivity contribution in [2.45, 2.75) is 46.6 Å². The molecule has 1 atom stereocenters. The Hall–Kier alpha value is -1.63. The molecule has 0 aliphatic rings. The summed E-state index contributed by atoms with van der Waals surface area (Å²) in [4.78, 5) is 10.9. The van der Waals surface area contributed by atoms with Gasteiger partial charge in [0.1, 0.15) is 5.69 Å². The summed E-state index contributed by atoms with van der Waals surface area (Å²) in [5, 5.41) is 27.8. The van der Waals surface area contributed by atoms with Crippen molar-refractivity contribution in [1.29, 1.82) is 0 Å². The van der Waals surface area contributed by atoms with Crippen molar-refractivity contribution in [3.63, 3.8) is 0 Å². The molecule has 0 amide bonds. The Morgan fingerprint density at radius 2 is 2.10 bits per heavy atom. The molecule has 0 aliphatic heterocycles. The average molecular weight is 284 g/mol. The predicted octanol–water partition coefficient (Wildman–Crippen LogP) is 2.10. The first-order valence-electron chi connectivity index (χ1n) is 6.80. The molecule has 1 unspecified atom stereocenters. The van der Waals surface area contributed by atoms with Crippen LogP contribution in [0.1, 0.15) is 39.8 Å². The van der Waals surface area contributed by atoms with E-state index >= 15 is 0 Å². The molecular weight excluding hydrogens is 260 g/mol. The van der Waals surface area contributed by atoms with Crippen LogP contribution >= 0.6 is 0 Å². The van der Waals surface area contributed by atoms with Crippen molar-refractivity contribution >= 4 is 11.5 Å². The standard InChI is InChI=1S/C13H24N4O3/c1-6-9-11(17(19)20)12(16(5)15-9)14-10(7-8-18)13(2,3)4/h10,14,18H,6-8H2,1-5H3. The number of nitrogens with zero attached hydrogens (tertiary/aromatic N) is 3. The van der Waals surface area contributed by atoms with Crippen molar-refractivity contribution < 1.29 is 10.0 Å². The molecule has 7 nitrogen and oxygen atoms in total. The Morgan fingerprint density at radius 1 is 1.50 bits per heavy atom. The van der Waals surface area contributed by atoms with E-state index in [1.54, 1.807) is 7.05 Å². The third kappa shape index (κ3) is 3.47. The Balaban J connectivity index is 3.18. The highest BCUT2D eigenvalue weighted by Gasteiger charge is 2.31. The monoisotopic (exact) mass is 284 g/mol. The molecule has 20 heavy (non-hydrogen) atoms. The third-order valence-corrected chi connectivity index (χ3v) is 3.38. The summed E-state index contributed by atoms with van der Waals surface area (Å²) >= 11 is 0. The Labute approximate surface area is 119 Å². The number of aliphatic hydroxyl groups is 1. The van der Waals surface area contributed by atoms with E-state index in [9.17, 15) is 15.2 Å². The SMILES string of the molecule is CCc1nn(C)c(NC(CCO)C(C)(C)C)c1[N+](=O)[O-]. The molecular formula is C13H24N4O3. The number of aryl methyl sites for hydroxylation is 2. The van der Waals surface area contributed by atoms with Gasteiger partial charge in [-0.05, 0) is 18.3 Å². The number of nitrogens with one attached hydrogen (secondary N) is 1. The zero-order valence-corrected chi connectivity index (χ0v) is 12.8. The third-order valence-electron chi connectivity index (χ3n) is 3.38. The lowest BCUT2D eigenvalue weighted by atomic mass is 9.85. The zero-order chi connectivity index (χ0) is 15.5. The quantitative estimate of drug-likeness (QED) is 0.616. The maximum Gasteiger partial charge on any atom is 0.333 e. The van der Waals surface area contributed by atoms with E-state index in [0.717, 1.165) is 0 Å². The molecule has 0 saturated carbocycles. The molecule has 1 rings (SSSR count). The van der Waals surface area contributed by atoms with Crippen LogP contribution in [0.15, 0.2) is 0 Å². The molecule has 0 spiro atoms. The van der Waals surface area contributed by atoms with Gasteiger partial charge in [0.15, 0.2) is 0 Å². The molecule has 1 aromatic heterocycles. The minimum atomic E-state index is -0.396. The van der Waals surface area contributed by atoms with Crippen molar-refractivity contribution in [1.82, 2.24) is 9.78 Å². The molecule has 1 heterocycles. The maximum absolute atomic E-state index is 11.3. The molecule has 1 aromatic rings. The molecule has 0 saturated heterocycles. The lowest BCUT2D eigenvalue weighted by Crippen LogP contribution is -2.35. The second-order valence-electron chi connectivity index (χ2n) is 5.95. The largest absolute Gasteiger partial charge is 0.396 e. The van der Waals surface area contributed by atoms with Crippen LogP contribution in [0.25, 0.3) is 0 Å².